The van der Waals surface area contributed by atoms with E-state index >= 15 is 0 Å². The van der Waals surface area contributed by atoms with Gasteiger partial charge in [-0.2, -0.15) is 15.0 Å². The second-order valence-electron chi connectivity index (χ2n) is 6.25. The van der Waals surface area contributed by atoms with E-state index in [1.54, 1.807) is 30.3 Å². The Morgan fingerprint density at radius 3 is 2.34 bits per heavy atom. The van der Waals surface area contributed by atoms with Crippen molar-refractivity contribution in [1.82, 2.24) is 29.3 Å². The first kappa shape index (κ1) is 18.7. The highest BCUT2D eigenvalue weighted by Gasteiger charge is 2.31. The van der Waals surface area contributed by atoms with E-state index in [0.29, 0.717) is 23.3 Å². The fourth-order valence-corrected chi connectivity index (χ4v) is 2.95. The molecule has 0 N–H and O–H groups in total. The summed E-state index contributed by atoms with van der Waals surface area (Å²) in [4.78, 5) is 14.4. The molecule has 0 bridgehead atoms. The number of pyridine rings is 1. The minimum absolute atomic E-state index is 0.156. The van der Waals surface area contributed by atoms with Crippen LogP contribution in [0.1, 0.15) is 6.92 Å². The molecule has 0 aliphatic carbocycles. The average Bonchev–Trinajstić information content (AvgIpc) is 3.28. The summed E-state index contributed by atoms with van der Waals surface area (Å²) in [5, 5.41) is 12.8. The lowest BCUT2D eigenvalue weighted by molar-refractivity contribution is -0.274. The van der Waals surface area contributed by atoms with Gasteiger partial charge in [-0.05, 0) is 31.2 Å². The van der Waals surface area contributed by atoms with Gasteiger partial charge in [-0.25, -0.2) is 0 Å². The lowest BCUT2D eigenvalue weighted by atomic mass is 10.1. The van der Waals surface area contributed by atoms with Gasteiger partial charge in [-0.1, -0.05) is 0 Å². The van der Waals surface area contributed by atoms with Gasteiger partial charge >= 0.3 is 6.36 Å². The zero-order chi connectivity index (χ0) is 20.8. The van der Waals surface area contributed by atoms with Crippen LogP contribution in [0.15, 0.2) is 47.7 Å². The SMILES string of the molecule is CCn1nc2c(-c3cnn(C)c3)cn(-c3ccc(OC(F)(F)F)cc3)c(=O)c2n1. The van der Waals surface area contributed by atoms with E-state index in [1.165, 1.54) is 21.5 Å². The van der Waals surface area contributed by atoms with Crippen molar-refractivity contribution < 1.29 is 17.9 Å². The number of rotatable bonds is 4. The van der Waals surface area contributed by atoms with E-state index in [1.807, 2.05) is 6.92 Å². The lowest BCUT2D eigenvalue weighted by Crippen LogP contribution is -2.19. The smallest absolute Gasteiger partial charge is 0.406 e. The molecule has 4 rings (SSSR count). The molecule has 1 aromatic carbocycles. The molecule has 0 atom stereocenters. The molecule has 0 amide bonds. The molecule has 29 heavy (non-hydrogen) atoms. The minimum atomic E-state index is -4.79. The Kier molecular flexibility index (Phi) is 4.36. The topological polar surface area (TPSA) is 79.8 Å². The van der Waals surface area contributed by atoms with Crippen molar-refractivity contribution in [3.8, 4) is 22.6 Å². The van der Waals surface area contributed by atoms with Crippen LogP contribution in [0.2, 0.25) is 0 Å². The monoisotopic (exact) mass is 404 g/mol. The van der Waals surface area contributed by atoms with Gasteiger partial charge in [0.2, 0.25) is 0 Å². The third-order valence-electron chi connectivity index (χ3n) is 4.24. The Labute approximate surface area is 161 Å². The van der Waals surface area contributed by atoms with Crippen molar-refractivity contribution in [2.75, 3.05) is 0 Å². The van der Waals surface area contributed by atoms with E-state index in [-0.39, 0.29) is 11.3 Å². The first-order chi connectivity index (χ1) is 13.7. The third kappa shape index (κ3) is 3.58. The van der Waals surface area contributed by atoms with Crippen molar-refractivity contribution in [2.45, 2.75) is 19.8 Å². The predicted octanol–water partition coefficient (Wildman–Crippen LogP) is 2.90. The van der Waals surface area contributed by atoms with Gasteiger partial charge in [0, 0.05) is 36.3 Å². The zero-order valence-corrected chi connectivity index (χ0v) is 15.4. The van der Waals surface area contributed by atoms with Crippen LogP contribution in [0.3, 0.4) is 0 Å². The van der Waals surface area contributed by atoms with Gasteiger partial charge in [0.25, 0.3) is 5.56 Å². The summed E-state index contributed by atoms with van der Waals surface area (Å²) in [6.07, 6.45) is 0.197. The molecule has 0 spiro atoms. The minimum Gasteiger partial charge on any atom is -0.406 e. The van der Waals surface area contributed by atoms with Crippen LogP contribution < -0.4 is 10.3 Å². The molecule has 150 valence electrons. The van der Waals surface area contributed by atoms with Crippen LogP contribution in [-0.2, 0) is 13.6 Å². The first-order valence-electron chi connectivity index (χ1n) is 8.61. The molecule has 3 aromatic heterocycles. The van der Waals surface area contributed by atoms with Crippen molar-refractivity contribution in [3.05, 3.63) is 53.2 Å². The standard InChI is InChI=1S/C18H15F3N6O2/c1-3-27-23-15-14(11-8-22-25(2)9-11)10-26(17(28)16(15)24-27)12-4-6-13(7-5-12)29-18(19,20)21/h4-10H,3H2,1-2H3. The molecule has 8 nitrogen and oxygen atoms in total. The number of aromatic nitrogens is 6. The lowest BCUT2D eigenvalue weighted by Gasteiger charge is -2.11. The van der Waals surface area contributed by atoms with Crippen LogP contribution in [0.4, 0.5) is 13.2 Å². The van der Waals surface area contributed by atoms with Crippen molar-refractivity contribution >= 4 is 11.0 Å². The van der Waals surface area contributed by atoms with Gasteiger partial charge in [0.15, 0.2) is 5.52 Å². The molecular weight excluding hydrogens is 389 g/mol. The molecule has 0 fully saturated rings. The van der Waals surface area contributed by atoms with E-state index in [9.17, 15) is 18.0 Å². The number of alkyl halides is 3. The molecule has 0 saturated carbocycles. The van der Waals surface area contributed by atoms with Crippen molar-refractivity contribution in [1.29, 1.82) is 0 Å². The number of aryl methyl sites for hydroxylation is 2. The molecule has 4 aromatic rings. The molecule has 0 aliphatic rings. The van der Waals surface area contributed by atoms with Crippen LogP contribution >= 0.6 is 0 Å². The summed E-state index contributed by atoms with van der Waals surface area (Å²) in [5.74, 6) is -0.375. The summed E-state index contributed by atoms with van der Waals surface area (Å²) >= 11 is 0. The Morgan fingerprint density at radius 1 is 1.07 bits per heavy atom. The van der Waals surface area contributed by atoms with Gasteiger partial charge in [0.05, 0.1) is 12.7 Å². The molecule has 11 heteroatoms. The van der Waals surface area contributed by atoms with E-state index < -0.39 is 11.9 Å². The Hall–Kier alpha value is -3.63. The van der Waals surface area contributed by atoms with Gasteiger partial charge in [0.1, 0.15) is 11.3 Å². The van der Waals surface area contributed by atoms with Gasteiger partial charge in [-0.15, -0.1) is 18.3 Å². The second kappa shape index (κ2) is 6.76. The molecular formula is C18H15F3N6O2. The average molecular weight is 404 g/mol. The van der Waals surface area contributed by atoms with Gasteiger partial charge in [-0.3, -0.25) is 14.0 Å². The Bertz CT molecular complexity index is 1240. The molecule has 3 heterocycles. The predicted molar refractivity (Wildman–Crippen MR) is 97.7 cm³/mol. The fraction of sp³-hybridized carbons (Fsp3) is 0.222. The maximum absolute atomic E-state index is 13.0. The summed E-state index contributed by atoms with van der Waals surface area (Å²) in [7, 11) is 1.76. The quantitative estimate of drug-likeness (QED) is 0.523. The highest BCUT2D eigenvalue weighted by molar-refractivity contribution is 5.90. The summed E-state index contributed by atoms with van der Waals surface area (Å²) < 4.78 is 44.0. The maximum atomic E-state index is 13.0. The van der Waals surface area contributed by atoms with Crippen molar-refractivity contribution in [2.24, 2.45) is 7.05 Å². The Morgan fingerprint density at radius 2 is 1.76 bits per heavy atom. The molecule has 0 saturated heterocycles. The number of halogens is 3. The summed E-state index contributed by atoms with van der Waals surface area (Å²) in [5.41, 5.74) is 1.87. The summed E-state index contributed by atoms with van der Waals surface area (Å²) in [6, 6.07) is 5.02. The number of fused-ring (bicyclic) bond motifs is 1. The highest BCUT2D eigenvalue weighted by atomic mass is 19.4. The maximum Gasteiger partial charge on any atom is 0.573 e. The molecule has 0 aliphatic heterocycles. The van der Waals surface area contributed by atoms with E-state index in [2.05, 4.69) is 20.0 Å². The van der Waals surface area contributed by atoms with Crippen LogP contribution in [0, 0.1) is 0 Å². The first-order valence-corrected chi connectivity index (χ1v) is 8.61. The molecule has 0 radical (unpaired) electrons. The van der Waals surface area contributed by atoms with Crippen LogP contribution in [0.5, 0.6) is 5.75 Å². The molecule has 0 unspecified atom stereocenters. The third-order valence-corrected chi connectivity index (χ3v) is 4.24. The normalized spacial score (nSPS) is 11.9. The van der Waals surface area contributed by atoms with E-state index in [0.717, 1.165) is 17.7 Å². The number of hydrogen-bond acceptors (Lipinski definition) is 5. The fourth-order valence-electron chi connectivity index (χ4n) is 2.95. The van der Waals surface area contributed by atoms with E-state index in [4.69, 9.17) is 0 Å². The summed E-state index contributed by atoms with van der Waals surface area (Å²) in [6.45, 7) is 2.32. The number of ether oxygens (including phenoxy) is 1. The largest absolute Gasteiger partial charge is 0.573 e. The van der Waals surface area contributed by atoms with Crippen molar-refractivity contribution in [3.63, 3.8) is 0 Å². The number of benzene rings is 1. The second-order valence-corrected chi connectivity index (χ2v) is 6.25. The Balaban J connectivity index is 1.88. The van der Waals surface area contributed by atoms with Gasteiger partial charge < -0.3 is 4.74 Å². The number of nitrogens with zero attached hydrogens (tertiary/aromatic N) is 6. The van der Waals surface area contributed by atoms with Crippen LogP contribution in [-0.4, -0.2) is 35.7 Å². The number of hydrogen-bond donors (Lipinski definition) is 0. The highest BCUT2D eigenvalue weighted by Crippen LogP contribution is 2.27. The zero-order valence-electron chi connectivity index (χ0n) is 15.4. The van der Waals surface area contributed by atoms with Crippen LogP contribution in [0.25, 0.3) is 27.8 Å².